The predicted molar refractivity (Wildman–Crippen MR) is 109 cm³/mol. The highest BCUT2D eigenvalue weighted by molar-refractivity contribution is 5.94. The van der Waals surface area contributed by atoms with Crippen LogP contribution in [0.1, 0.15) is 27.3 Å². The monoisotopic (exact) mass is 371 g/mol. The van der Waals surface area contributed by atoms with Crippen LogP contribution in [0.25, 0.3) is 11.0 Å². The van der Waals surface area contributed by atoms with E-state index >= 15 is 0 Å². The van der Waals surface area contributed by atoms with Crippen LogP contribution >= 0.6 is 0 Å². The molecule has 1 aromatic heterocycles. The van der Waals surface area contributed by atoms with Gasteiger partial charge in [-0.15, -0.1) is 0 Å². The van der Waals surface area contributed by atoms with E-state index in [-0.39, 0.29) is 0 Å². The van der Waals surface area contributed by atoms with E-state index in [2.05, 4.69) is 9.97 Å². The number of fused-ring (bicyclic) bond motifs is 1. The average molecular weight is 371 g/mol. The molecule has 0 unspecified atom stereocenters. The van der Waals surface area contributed by atoms with Gasteiger partial charge in [0.25, 0.3) is 0 Å². The van der Waals surface area contributed by atoms with Crippen molar-refractivity contribution in [2.24, 2.45) is 5.73 Å². The molecule has 5 heteroatoms. The van der Waals surface area contributed by atoms with Crippen molar-refractivity contribution in [1.29, 1.82) is 0 Å². The third-order valence-corrected chi connectivity index (χ3v) is 4.66. The minimum atomic E-state index is -0.454. The number of rotatable bonds is 7. The lowest BCUT2D eigenvalue weighted by molar-refractivity contribution is 0.0999. The largest absolute Gasteiger partial charge is 0.489 e. The summed E-state index contributed by atoms with van der Waals surface area (Å²) >= 11 is 0. The summed E-state index contributed by atoms with van der Waals surface area (Å²) in [6.45, 7) is 0.442. The second kappa shape index (κ2) is 7.96. The zero-order chi connectivity index (χ0) is 19.3. The van der Waals surface area contributed by atoms with Gasteiger partial charge in [0.1, 0.15) is 18.2 Å². The number of amides is 1. The van der Waals surface area contributed by atoms with Crippen LogP contribution in [0.15, 0.2) is 72.8 Å². The molecule has 0 spiro atoms. The number of H-pyrrole nitrogens is 1. The van der Waals surface area contributed by atoms with Gasteiger partial charge in [-0.1, -0.05) is 48.5 Å². The fraction of sp³-hybridized carbons (Fsp3) is 0.130. The number of nitrogens with zero attached hydrogens (tertiary/aromatic N) is 1. The number of carbonyl (C=O) groups is 1. The van der Waals surface area contributed by atoms with E-state index in [0.717, 1.165) is 28.0 Å². The van der Waals surface area contributed by atoms with Gasteiger partial charge in [-0.25, -0.2) is 4.98 Å². The second-order valence-corrected chi connectivity index (χ2v) is 6.66. The van der Waals surface area contributed by atoms with Gasteiger partial charge in [0.05, 0.1) is 11.0 Å². The van der Waals surface area contributed by atoms with Crippen molar-refractivity contribution in [2.45, 2.75) is 19.4 Å². The Morgan fingerprint density at radius 2 is 1.75 bits per heavy atom. The number of carbonyl (C=O) groups excluding carboxylic acids is 1. The molecule has 0 bridgehead atoms. The molecule has 28 heavy (non-hydrogen) atoms. The van der Waals surface area contributed by atoms with Gasteiger partial charge in [0.2, 0.25) is 5.91 Å². The van der Waals surface area contributed by atoms with Gasteiger partial charge >= 0.3 is 0 Å². The summed E-state index contributed by atoms with van der Waals surface area (Å²) in [5, 5.41) is 0. The van der Waals surface area contributed by atoms with E-state index in [4.69, 9.17) is 10.5 Å². The fourth-order valence-corrected chi connectivity index (χ4v) is 3.21. The van der Waals surface area contributed by atoms with E-state index < -0.39 is 5.91 Å². The standard InChI is InChI=1S/C23H21N3O2/c24-23(27)19-14-18(28-15-16-6-2-1-3-7-16)12-10-17(19)11-13-22-25-20-8-4-5-9-21(20)26-22/h1-10,12,14H,11,13,15H2,(H2,24,27)(H,25,26). The minimum absolute atomic E-state index is 0.442. The second-order valence-electron chi connectivity index (χ2n) is 6.66. The van der Waals surface area contributed by atoms with Gasteiger partial charge in [-0.2, -0.15) is 0 Å². The number of aromatic amines is 1. The van der Waals surface area contributed by atoms with Crippen molar-refractivity contribution in [3.05, 3.63) is 95.3 Å². The van der Waals surface area contributed by atoms with Gasteiger partial charge in [-0.05, 0) is 41.8 Å². The zero-order valence-electron chi connectivity index (χ0n) is 15.4. The van der Waals surface area contributed by atoms with Crippen LogP contribution < -0.4 is 10.5 Å². The maximum atomic E-state index is 11.9. The Kier molecular flexibility index (Phi) is 5.06. The van der Waals surface area contributed by atoms with Crippen LogP contribution in [-0.4, -0.2) is 15.9 Å². The van der Waals surface area contributed by atoms with Crippen LogP contribution in [0, 0.1) is 0 Å². The van der Waals surface area contributed by atoms with Crippen molar-refractivity contribution >= 4 is 16.9 Å². The quantitative estimate of drug-likeness (QED) is 0.515. The number of aromatic nitrogens is 2. The summed E-state index contributed by atoms with van der Waals surface area (Å²) in [4.78, 5) is 19.8. The average Bonchev–Trinajstić information content (AvgIpc) is 3.14. The SMILES string of the molecule is NC(=O)c1cc(OCc2ccccc2)ccc1CCc1nc2ccccc2[nH]1. The lowest BCUT2D eigenvalue weighted by atomic mass is 10.0. The number of primary amides is 1. The molecule has 3 N–H and O–H groups in total. The Morgan fingerprint density at radius 3 is 2.54 bits per heavy atom. The first-order chi connectivity index (χ1) is 13.7. The first-order valence-corrected chi connectivity index (χ1v) is 9.22. The molecule has 140 valence electrons. The number of imidazole rings is 1. The van der Waals surface area contributed by atoms with Gasteiger partial charge < -0.3 is 15.5 Å². The Balaban J connectivity index is 1.47. The number of ether oxygens (including phenoxy) is 1. The molecule has 5 nitrogen and oxygen atoms in total. The van der Waals surface area contributed by atoms with Crippen LogP contribution in [-0.2, 0) is 19.4 Å². The normalized spacial score (nSPS) is 10.9. The number of hydrogen-bond acceptors (Lipinski definition) is 3. The molecule has 0 fully saturated rings. The first kappa shape index (κ1) is 17.8. The van der Waals surface area contributed by atoms with E-state index in [1.807, 2.05) is 66.7 Å². The van der Waals surface area contributed by atoms with Crippen LogP contribution in [0.4, 0.5) is 0 Å². The molecule has 4 aromatic rings. The molecular weight excluding hydrogens is 350 g/mol. The molecule has 0 radical (unpaired) electrons. The number of nitrogens with two attached hydrogens (primary N) is 1. The molecule has 1 heterocycles. The number of benzene rings is 3. The number of aryl methyl sites for hydroxylation is 2. The Labute approximate surface area is 163 Å². The Morgan fingerprint density at radius 1 is 0.964 bits per heavy atom. The molecule has 0 saturated carbocycles. The molecule has 0 atom stereocenters. The van der Waals surface area contributed by atoms with Crippen molar-refractivity contribution in [3.8, 4) is 5.75 Å². The molecule has 0 aliphatic carbocycles. The fourth-order valence-electron chi connectivity index (χ4n) is 3.21. The highest BCUT2D eigenvalue weighted by Crippen LogP contribution is 2.21. The highest BCUT2D eigenvalue weighted by Gasteiger charge is 2.11. The van der Waals surface area contributed by atoms with Gasteiger partial charge in [0, 0.05) is 12.0 Å². The summed E-state index contributed by atoms with van der Waals surface area (Å²) in [7, 11) is 0. The van der Waals surface area contributed by atoms with E-state index in [9.17, 15) is 4.79 Å². The third kappa shape index (κ3) is 4.04. The summed E-state index contributed by atoms with van der Waals surface area (Å²) in [5.74, 6) is 1.07. The maximum absolute atomic E-state index is 11.9. The first-order valence-electron chi connectivity index (χ1n) is 9.22. The van der Waals surface area contributed by atoms with Crippen LogP contribution in [0.3, 0.4) is 0 Å². The summed E-state index contributed by atoms with van der Waals surface area (Å²) < 4.78 is 5.81. The van der Waals surface area contributed by atoms with E-state index in [1.54, 1.807) is 6.07 Å². The number of para-hydroxylation sites is 2. The lowest BCUT2D eigenvalue weighted by Gasteiger charge is -2.11. The zero-order valence-corrected chi connectivity index (χ0v) is 15.4. The predicted octanol–water partition coefficient (Wildman–Crippen LogP) is 4.03. The summed E-state index contributed by atoms with van der Waals surface area (Å²) in [5.41, 5.74) is 10.00. The molecule has 1 amide bonds. The summed E-state index contributed by atoms with van der Waals surface area (Å²) in [6, 6.07) is 23.3. The van der Waals surface area contributed by atoms with Crippen molar-refractivity contribution in [2.75, 3.05) is 0 Å². The van der Waals surface area contributed by atoms with Crippen molar-refractivity contribution < 1.29 is 9.53 Å². The number of nitrogens with one attached hydrogen (secondary N) is 1. The molecule has 4 rings (SSSR count). The maximum Gasteiger partial charge on any atom is 0.249 e. The molecular formula is C23H21N3O2. The Hall–Kier alpha value is -3.60. The molecule has 3 aromatic carbocycles. The van der Waals surface area contributed by atoms with E-state index in [1.165, 1.54) is 0 Å². The van der Waals surface area contributed by atoms with Crippen molar-refractivity contribution in [3.63, 3.8) is 0 Å². The minimum Gasteiger partial charge on any atom is -0.489 e. The van der Waals surface area contributed by atoms with Gasteiger partial charge in [-0.3, -0.25) is 4.79 Å². The smallest absolute Gasteiger partial charge is 0.249 e. The topological polar surface area (TPSA) is 81.0 Å². The molecule has 0 saturated heterocycles. The van der Waals surface area contributed by atoms with Crippen LogP contribution in [0.2, 0.25) is 0 Å². The summed E-state index contributed by atoms with van der Waals surface area (Å²) in [6.07, 6.45) is 1.36. The van der Waals surface area contributed by atoms with Crippen LogP contribution in [0.5, 0.6) is 5.75 Å². The highest BCUT2D eigenvalue weighted by atomic mass is 16.5. The molecule has 0 aliphatic rings. The molecule has 0 aliphatic heterocycles. The lowest BCUT2D eigenvalue weighted by Crippen LogP contribution is -2.14. The Bertz CT molecular complexity index is 1070. The number of hydrogen-bond donors (Lipinski definition) is 2. The van der Waals surface area contributed by atoms with Gasteiger partial charge in [0.15, 0.2) is 0 Å². The van der Waals surface area contributed by atoms with Crippen molar-refractivity contribution in [1.82, 2.24) is 9.97 Å². The van der Waals surface area contributed by atoms with E-state index in [0.29, 0.717) is 30.8 Å². The third-order valence-electron chi connectivity index (χ3n) is 4.66.